The summed E-state index contributed by atoms with van der Waals surface area (Å²) in [5, 5.41) is 18.0. The fraction of sp³-hybridized carbons (Fsp3) is 0.423. The van der Waals surface area contributed by atoms with E-state index in [-0.39, 0.29) is 30.7 Å². The molecule has 0 radical (unpaired) electrons. The average Bonchev–Trinajstić information content (AvgIpc) is 2.79. The molecule has 7 heteroatoms. The van der Waals surface area contributed by atoms with Crippen molar-refractivity contribution in [1.82, 2.24) is 16.0 Å². The molecule has 178 valence electrons. The summed E-state index contributed by atoms with van der Waals surface area (Å²) in [6.45, 7) is 6.54. The minimum atomic E-state index is -1.08. The zero-order valence-corrected chi connectivity index (χ0v) is 19.6. The van der Waals surface area contributed by atoms with E-state index in [1.54, 1.807) is 0 Å². The molecule has 0 aliphatic rings. The highest BCUT2D eigenvalue weighted by molar-refractivity contribution is 5.91. The third kappa shape index (κ3) is 9.45. The lowest BCUT2D eigenvalue weighted by Gasteiger charge is -2.23. The van der Waals surface area contributed by atoms with Crippen molar-refractivity contribution in [3.8, 4) is 0 Å². The van der Waals surface area contributed by atoms with Gasteiger partial charge >= 0.3 is 5.97 Å². The minimum Gasteiger partial charge on any atom is -0.480 e. The molecule has 0 aromatic heterocycles. The van der Waals surface area contributed by atoms with Crippen molar-refractivity contribution in [2.24, 2.45) is 5.92 Å². The summed E-state index contributed by atoms with van der Waals surface area (Å²) < 4.78 is 0. The van der Waals surface area contributed by atoms with E-state index in [9.17, 15) is 19.5 Å². The van der Waals surface area contributed by atoms with Crippen LogP contribution < -0.4 is 16.0 Å². The summed E-state index contributed by atoms with van der Waals surface area (Å²) in [6, 6.07) is 17.5. The summed E-state index contributed by atoms with van der Waals surface area (Å²) in [7, 11) is 0. The molecular formula is C26H35N3O4. The van der Waals surface area contributed by atoms with Gasteiger partial charge in [-0.25, -0.2) is 4.79 Å². The van der Waals surface area contributed by atoms with E-state index in [0.29, 0.717) is 13.0 Å². The minimum absolute atomic E-state index is 0.0596. The third-order valence-corrected chi connectivity index (χ3v) is 5.36. The van der Waals surface area contributed by atoms with Crippen LogP contribution in [0.2, 0.25) is 0 Å². The molecule has 0 bridgehead atoms. The number of hydrogen-bond acceptors (Lipinski definition) is 4. The zero-order valence-electron chi connectivity index (χ0n) is 19.6. The van der Waals surface area contributed by atoms with Crippen molar-refractivity contribution in [3.05, 3.63) is 71.8 Å². The molecule has 2 aromatic carbocycles. The molecular weight excluding hydrogens is 418 g/mol. The first-order valence-electron chi connectivity index (χ1n) is 11.4. The predicted molar refractivity (Wildman–Crippen MR) is 129 cm³/mol. The number of carbonyl (C=O) groups is 3. The first kappa shape index (κ1) is 26.1. The Hall–Kier alpha value is -3.19. The zero-order chi connectivity index (χ0) is 24.2. The van der Waals surface area contributed by atoms with Crippen LogP contribution in [0.5, 0.6) is 0 Å². The van der Waals surface area contributed by atoms with Gasteiger partial charge in [0.2, 0.25) is 11.8 Å². The number of rotatable bonds is 13. The Bertz CT molecular complexity index is 887. The maximum absolute atomic E-state index is 12.9. The van der Waals surface area contributed by atoms with Crippen LogP contribution in [0.1, 0.15) is 44.2 Å². The van der Waals surface area contributed by atoms with Crippen LogP contribution in [0.15, 0.2) is 60.7 Å². The highest BCUT2D eigenvalue weighted by atomic mass is 16.4. The fourth-order valence-electron chi connectivity index (χ4n) is 3.57. The molecule has 2 amide bonds. The molecule has 0 spiro atoms. The molecule has 0 heterocycles. The summed E-state index contributed by atoms with van der Waals surface area (Å²) in [4.78, 5) is 37.1. The molecule has 2 rings (SSSR count). The predicted octanol–water partition coefficient (Wildman–Crippen LogP) is 2.72. The number of amides is 2. The van der Waals surface area contributed by atoms with Gasteiger partial charge in [-0.15, -0.1) is 0 Å². The first-order valence-corrected chi connectivity index (χ1v) is 11.4. The largest absolute Gasteiger partial charge is 0.480 e. The highest BCUT2D eigenvalue weighted by Crippen LogP contribution is 2.13. The molecule has 7 nitrogen and oxygen atoms in total. The summed E-state index contributed by atoms with van der Waals surface area (Å²) in [5.41, 5.74) is 2.05. The Labute approximate surface area is 196 Å². The van der Waals surface area contributed by atoms with Crippen molar-refractivity contribution in [2.45, 2.75) is 51.6 Å². The molecule has 0 aliphatic heterocycles. The number of benzene rings is 2. The van der Waals surface area contributed by atoms with E-state index in [4.69, 9.17) is 0 Å². The van der Waals surface area contributed by atoms with Gasteiger partial charge in [-0.3, -0.25) is 9.59 Å². The van der Waals surface area contributed by atoms with E-state index >= 15 is 0 Å². The molecule has 2 aromatic rings. The van der Waals surface area contributed by atoms with Crippen LogP contribution in [0.25, 0.3) is 0 Å². The van der Waals surface area contributed by atoms with Crippen LogP contribution in [-0.4, -0.2) is 48.1 Å². The molecule has 3 unspecified atom stereocenters. The molecule has 3 atom stereocenters. The maximum atomic E-state index is 12.9. The van der Waals surface area contributed by atoms with Crippen molar-refractivity contribution >= 4 is 17.8 Å². The van der Waals surface area contributed by atoms with Gasteiger partial charge in [-0.05, 0) is 29.4 Å². The van der Waals surface area contributed by atoms with Gasteiger partial charge in [0.05, 0.1) is 6.54 Å². The topological polar surface area (TPSA) is 108 Å². The van der Waals surface area contributed by atoms with Crippen LogP contribution >= 0.6 is 0 Å². The van der Waals surface area contributed by atoms with Crippen LogP contribution in [0.4, 0.5) is 0 Å². The summed E-state index contributed by atoms with van der Waals surface area (Å²) in [6.07, 6.45) is 0.582. The van der Waals surface area contributed by atoms with E-state index in [1.165, 1.54) is 5.56 Å². The first-order chi connectivity index (χ1) is 15.8. The van der Waals surface area contributed by atoms with Crippen LogP contribution in [0, 0.1) is 5.92 Å². The monoisotopic (exact) mass is 453 g/mol. The quantitative estimate of drug-likeness (QED) is 0.373. The fourth-order valence-corrected chi connectivity index (χ4v) is 3.57. The van der Waals surface area contributed by atoms with Gasteiger partial charge in [0.15, 0.2) is 0 Å². The van der Waals surface area contributed by atoms with Crippen molar-refractivity contribution in [3.63, 3.8) is 0 Å². The van der Waals surface area contributed by atoms with Gasteiger partial charge in [0, 0.05) is 13.0 Å². The number of carbonyl (C=O) groups excluding carboxylic acids is 2. The number of carboxylic acids is 1. The second kappa shape index (κ2) is 13.4. The number of nitrogens with one attached hydrogen (secondary N) is 3. The van der Waals surface area contributed by atoms with Gasteiger partial charge in [-0.1, -0.05) is 81.4 Å². The van der Waals surface area contributed by atoms with Gasteiger partial charge < -0.3 is 21.1 Å². The summed E-state index contributed by atoms with van der Waals surface area (Å²) >= 11 is 0. The Balaban J connectivity index is 1.98. The van der Waals surface area contributed by atoms with Gasteiger partial charge in [0.1, 0.15) is 12.1 Å². The second-order valence-electron chi connectivity index (χ2n) is 8.78. The normalized spacial score (nSPS) is 13.7. The lowest BCUT2D eigenvalue weighted by molar-refractivity contribution is -0.142. The lowest BCUT2D eigenvalue weighted by atomic mass is 10.0. The standard InChI is InChI=1S/C26H35N3O4/c1-18(2)14-23(26(32)33)29-25(31)22(15-20-10-6-4-7-11-20)28-24(30)17-27-16-19(3)21-12-8-5-9-13-21/h4-13,18-19,22-23,27H,14-17H2,1-3H3,(H,28,30)(H,29,31)(H,32,33). The number of hydrogen-bond donors (Lipinski definition) is 4. The number of aliphatic carboxylic acids is 1. The van der Waals surface area contributed by atoms with E-state index in [2.05, 4.69) is 22.9 Å². The third-order valence-electron chi connectivity index (χ3n) is 5.36. The van der Waals surface area contributed by atoms with Crippen molar-refractivity contribution < 1.29 is 19.5 Å². The Morgan fingerprint density at radius 1 is 0.848 bits per heavy atom. The second-order valence-corrected chi connectivity index (χ2v) is 8.78. The molecule has 33 heavy (non-hydrogen) atoms. The Morgan fingerprint density at radius 3 is 2.03 bits per heavy atom. The molecule has 0 fully saturated rings. The van der Waals surface area contributed by atoms with Crippen molar-refractivity contribution in [2.75, 3.05) is 13.1 Å². The lowest BCUT2D eigenvalue weighted by Crippen LogP contribution is -2.54. The average molecular weight is 454 g/mol. The van der Waals surface area contributed by atoms with Crippen LogP contribution in [0.3, 0.4) is 0 Å². The van der Waals surface area contributed by atoms with E-state index < -0.39 is 24.0 Å². The molecule has 0 aliphatic carbocycles. The van der Waals surface area contributed by atoms with E-state index in [0.717, 1.165) is 5.56 Å². The Morgan fingerprint density at radius 2 is 1.45 bits per heavy atom. The SMILES string of the molecule is CC(C)CC(NC(=O)C(Cc1ccccc1)NC(=O)CNCC(C)c1ccccc1)C(=O)O. The molecule has 4 N–H and O–H groups in total. The molecule has 0 saturated heterocycles. The number of carboxylic acid groups (broad SMARTS) is 1. The molecule has 0 saturated carbocycles. The van der Waals surface area contributed by atoms with E-state index in [1.807, 2.05) is 74.5 Å². The van der Waals surface area contributed by atoms with Gasteiger partial charge in [-0.2, -0.15) is 0 Å². The van der Waals surface area contributed by atoms with Gasteiger partial charge in [0.25, 0.3) is 0 Å². The van der Waals surface area contributed by atoms with Crippen molar-refractivity contribution in [1.29, 1.82) is 0 Å². The highest BCUT2D eigenvalue weighted by Gasteiger charge is 2.27. The maximum Gasteiger partial charge on any atom is 0.326 e. The summed E-state index contributed by atoms with van der Waals surface area (Å²) in [5.74, 6) is -1.57. The Kier molecular flexibility index (Phi) is 10.6. The smallest absolute Gasteiger partial charge is 0.326 e. The van der Waals surface area contributed by atoms with Crippen LogP contribution in [-0.2, 0) is 20.8 Å².